The summed E-state index contributed by atoms with van der Waals surface area (Å²) in [6.07, 6.45) is -4.76. The van der Waals surface area contributed by atoms with E-state index in [9.17, 15) is 22.4 Å². The zero-order valence-corrected chi connectivity index (χ0v) is 14.5. The highest BCUT2D eigenvalue weighted by molar-refractivity contribution is 6.38. The van der Waals surface area contributed by atoms with Crippen molar-refractivity contribution in [3.63, 3.8) is 0 Å². The Morgan fingerprint density at radius 2 is 1.96 bits per heavy atom. The van der Waals surface area contributed by atoms with Crippen LogP contribution in [-0.2, 0) is 11.0 Å². The number of methoxy groups -OCH3 is 1. The molecule has 2 aromatic rings. The standard InChI is InChI=1S/C17H12ClF4N3O2/c1-27-8-2-4-11(19)9(6-8)16-14-12(25(23)13(26)7-24-16)5-3-10(15(14)18)17(20,21)22/h2-6H,7,23H2,1H3. The second kappa shape index (κ2) is 6.82. The number of benzodiazepines with no additional fused rings is 1. The number of nitrogens with zero attached hydrogens (tertiary/aromatic N) is 2. The molecule has 0 saturated carbocycles. The number of amides is 1. The largest absolute Gasteiger partial charge is 0.497 e. The summed E-state index contributed by atoms with van der Waals surface area (Å²) in [5.74, 6) is 4.49. The van der Waals surface area contributed by atoms with Crippen LogP contribution in [0.3, 0.4) is 0 Å². The summed E-state index contributed by atoms with van der Waals surface area (Å²) in [5.41, 5.74) is -1.94. The lowest BCUT2D eigenvalue weighted by Crippen LogP contribution is -2.39. The van der Waals surface area contributed by atoms with Crippen LogP contribution in [0.1, 0.15) is 16.7 Å². The average Bonchev–Trinajstić information content (AvgIpc) is 2.73. The van der Waals surface area contributed by atoms with Crippen LogP contribution in [0.25, 0.3) is 0 Å². The van der Waals surface area contributed by atoms with Gasteiger partial charge in [0.15, 0.2) is 0 Å². The molecule has 2 N–H and O–H groups in total. The van der Waals surface area contributed by atoms with Crippen LogP contribution in [0.4, 0.5) is 23.2 Å². The molecule has 1 amide bonds. The van der Waals surface area contributed by atoms with Crippen molar-refractivity contribution < 1.29 is 27.1 Å². The summed E-state index contributed by atoms with van der Waals surface area (Å²) >= 11 is 6.02. The van der Waals surface area contributed by atoms with E-state index in [-0.39, 0.29) is 28.3 Å². The first-order chi connectivity index (χ1) is 12.6. The number of aliphatic imine (C=N–C) groups is 1. The van der Waals surface area contributed by atoms with E-state index < -0.39 is 35.0 Å². The predicted molar refractivity (Wildman–Crippen MR) is 91.6 cm³/mol. The zero-order valence-electron chi connectivity index (χ0n) is 13.8. The molecule has 1 aliphatic heterocycles. The van der Waals surface area contributed by atoms with Gasteiger partial charge in [0.25, 0.3) is 5.91 Å². The van der Waals surface area contributed by atoms with Gasteiger partial charge in [-0.3, -0.25) is 9.79 Å². The van der Waals surface area contributed by atoms with Gasteiger partial charge < -0.3 is 4.74 Å². The first-order valence-electron chi connectivity index (χ1n) is 7.51. The van der Waals surface area contributed by atoms with Crippen molar-refractivity contribution in [2.24, 2.45) is 10.8 Å². The molecule has 1 heterocycles. The minimum atomic E-state index is -4.76. The monoisotopic (exact) mass is 401 g/mol. The van der Waals surface area contributed by atoms with Crippen molar-refractivity contribution >= 4 is 28.9 Å². The minimum Gasteiger partial charge on any atom is -0.497 e. The van der Waals surface area contributed by atoms with E-state index in [4.69, 9.17) is 22.2 Å². The SMILES string of the molecule is COc1ccc(F)c(C2=NCC(=O)N(N)c3ccc(C(F)(F)F)c(Cl)c32)c1. The van der Waals surface area contributed by atoms with E-state index in [2.05, 4.69) is 4.99 Å². The number of carbonyl (C=O) groups is 1. The number of anilines is 1. The summed E-state index contributed by atoms with van der Waals surface area (Å²) in [7, 11) is 1.35. The fourth-order valence-electron chi connectivity index (χ4n) is 2.68. The van der Waals surface area contributed by atoms with Gasteiger partial charge in [-0.05, 0) is 30.3 Å². The third kappa shape index (κ3) is 3.35. The maximum absolute atomic E-state index is 14.4. The van der Waals surface area contributed by atoms with Gasteiger partial charge in [0.05, 0.1) is 29.1 Å². The van der Waals surface area contributed by atoms with Gasteiger partial charge in [-0.25, -0.2) is 15.2 Å². The third-order valence-corrected chi connectivity index (χ3v) is 4.38. The number of fused-ring (bicyclic) bond motifs is 1. The molecule has 0 spiro atoms. The van der Waals surface area contributed by atoms with Crippen LogP contribution in [0.2, 0.25) is 5.02 Å². The molecule has 2 aromatic carbocycles. The summed E-state index contributed by atoms with van der Waals surface area (Å²) < 4.78 is 59.4. The summed E-state index contributed by atoms with van der Waals surface area (Å²) in [6.45, 7) is -0.491. The molecule has 0 saturated heterocycles. The van der Waals surface area contributed by atoms with Crippen LogP contribution in [0.5, 0.6) is 5.75 Å². The van der Waals surface area contributed by atoms with Gasteiger partial charge in [-0.2, -0.15) is 13.2 Å². The van der Waals surface area contributed by atoms with Crippen molar-refractivity contribution in [3.8, 4) is 5.75 Å². The van der Waals surface area contributed by atoms with Crippen molar-refractivity contribution in [1.29, 1.82) is 0 Å². The van der Waals surface area contributed by atoms with E-state index in [0.29, 0.717) is 11.1 Å². The van der Waals surface area contributed by atoms with Crippen molar-refractivity contribution in [2.75, 3.05) is 18.7 Å². The number of halogens is 5. The fourth-order valence-corrected chi connectivity index (χ4v) is 3.04. The summed E-state index contributed by atoms with van der Waals surface area (Å²) in [5, 5.41) is -0.0817. The molecular formula is C17H12ClF4N3O2. The van der Waals surface area contributed by atoms with Crippen molar-refractivity contribution in [2.45, 2.75) is 6.18 Å². The first-order valence-corrected chi connectivity index (χ1v) is 7.89. The number of alkyl halides is 3. The number of hydrogen-bond donors (Lipinski definition) is 1. The highest BCUT2D eigenvalue weighted by atomic mass is 35.5. The van der Waals surface area contributed by atoms with Crippen LogP contribution in [0.15, 0.2) is 35.3 Å². The highest BCUT2D eigenvalue weighted by Crippen LogP contribution is 2.41. The Morgan fingerprint density at radius 1 is 1.26 bits per heavy atom. The second-order valence-corrected chi connectivity index (χ2v) is 5.97. The normalized spacial score (nSPS) is 14.6. The molecule has 10 heteroatoms. The quantitative estimate of drug-likeness (QED) is 0.475. The van der Waals surface area contributed by atoms with E-state index in [1.54, 1.807) is 0 Å². The van der Waals surface area contributed by atoms with E-state index in [0.717, 1.165) is 12.1 Å². The Bertz CT molecular complexity index is 960. The Kier molecular flexibility index (Phi) is 4.83. The van der Waals surface area contributed by atoms with Gasteiger partial charge in [-0.15, -0.1) is 0 Å². The molecule has 3 rings (SSSR count). The topological polar surface area (TPSA) is 67.9 Å². The van der Waals surface area contributed by atoms with Crippen molar-refractivity contribution in [1.82, 2.24) is 0 Å². The summed E-state index contributed by atoms with van der Waals surface area (Å²) in [6, 6.07) is 5.38. The lowest BCUT2D eigenvalue weighted by atomic mass is 9.97. The Hall–Kier alpha value is -2.65. The molecule has 0 atom stereocenters. The molecule has 0 fully saturated rings. The maximum Gasteiger partial charge on any atom is 0.417 e. The van der Waals surface area contributed by atoms with E-state index in [1.165, 1.54) is 19.2 Å². The molecule has 0 radical (unpaired) electrons. The lowest BCUT2D eigenvalue weighted by molar-refractivity contribution is -0.137. The van der Waals surface area contributed by atoms with Crippen molar-refractivity contribution in [3.05, 3.63) is 57.9 Å². The van der Waals surface area contributed by atoms with E-state index >= 15 is 0 Å². The zero-order chi connectivity index (χ0) is 19.9. The fraction of sp³-hybridized carbons (Fsp3) is 0.176. The number of hydrazine groups is 1. The highest BCUT2D eigenvalue weighted by Gasteiger charge is 2.37. The van der Waals surface area contributed by atoms with Gasteiger partial charge in [-0.1, -0.05) is 11.6 Å². The smallest absolute Gasteiger partial charge is 0.417 e. The Morgan fingerprint density at radius 3 is 2.59 bits per heavy atom. The molecule has 142 valence electrons. The molecule has 0 aliphatic carbocycles. The van der Waals surface area contributed by atoms with Crippen LogP contribution < -0.4 is 15.6 Å². The molecule has 1 aliphatic rings. The number of carbonyl (C=O) groups excluding carboxylic acids is 1. The van der Waals surface area contributed by atoms with Gasteiger partial charge in [0.2, 0.25) is 0 Å². The Labute approximate surface area is 156 Å². The minimum absolute atomic E-state index is 0.114. The molecule has 5 nitrogen and oxygen atoms in total. The van der Waals surface area contributed by atoms with E-state index in [1.807, 2.05) is 0 Å². The third-order valence-electron chi connectivity index (χ3n) is 3.99. The second-order valence-electron chi connectivity index (χ2n) is 5.59. The number of ether oxygens (including phenoxy) is 1. The van der Waals surface area contributed by atoms with Crippen LogP contribution >= 0.6 is 11.6 Å². The number of benzene rings is 2. The molecule has 27 heavy (non-hydrogen) atoms. The molecular weight excluding hydrogens is 390 g/mol. The van der Waals surface area contributed by atoms with Crippen LogP contribution in [0, 0.1) is 5.82 Å². The number of nitrogens with two attached hydrogens (primary N) is 1. The number of rotatable bonds is 2. The molecule has 0 unspecified atom stereocenters. The predicted octanol–water partition coefficient (Wildman–Crippen LogP) is 3.56. The average molecular weight is 402 g/mol. The first kappa shape index (κ1) is 19.1. The van der Waals surface area contributed by atoms with Gasteiger partial charge >= 0.3 is 6.18 Å². The molecule has 0 bridgehead atoms. The molecule has 0 aromatic heterocycles. The van der Waals surface area contributed by atoms with Crippen LogP contribution in [-0.4, -0.2) is 25.3 Å². The van der Waals surface area contributed by atoms with Gasteiger partial charge in [0, 0.05) is 11.1 Å². The number of hydrogen-bond acceptors (Lipinski definition) is 4. The summed E-state index contributed by atoms with van der Waals surface area (Å²) in [4.78, 5) is 16.0. The van der Waals surface area contributed by atoms with Gasteiger partial charge in [0.1, 0.15) is 18.1 Å². The lowest BCUT2D eigenvalue weighted by Gasteiger charge is -2.21. The Balaban J connectivity index is 2.35. The maximum atomic E-state index is 14.4.